The second kappa shape index (κ2) is 4.63. The Kier molecular flexibility index (Phi) is 2.77. The van der Waals surface area contributed by atoms with Crippen molar-refractivity contribution in [3.8, 4) is 0 Å². The molecule has 5 rings (SSSR count). The molecular weight excluding hydrogens is 304 g/mol. The first kappa shape index (κ1) is 14.9. The molecule has 1 aliphatic heterocycles. The number of para-hydroxylation sites is 2. The van der Waals surface area contributed by atoms with Crippen LogP contribution in [0.1, 0.15) is 46.1 Å². The number of rotatable bonds is 2. The molecule has 2 aromatic carbocycles. The summed E-state index contributed by atoms with van der Waals surface area (Å²) in [7, 11) is 0. The molecule has 0 spiro atoms. The average Bonchev–Trinajstić information content (AvgIpc) is 3.01. The van der Waals surface area contributed by atoms with E-state index >= 15 is 0 Å². The fourth-order valence-corrected chi connectivity index (χ4v) is 5.31. The molecule has 0 saturated heterocycles. The number of hydrogen-bond donors (Lipinski definition) is 0. The Morgan fingerprint density at radius 1 is 0.920 bits per heavy atom. The largest absolute Gasteiger partial charge is 0.295 e. The van der Waals surface area contributed by atoms with Crippen LogP contribution in [0.4, 0.5) is 0 Å². The van der Waals surface area contributed by atoms with E-state index in [1.807, 2.05) is 0 Å². The van der Waals surface area contributed by atoms with Gasteiger partial charge in [0.05, 0.1) is 11.6 Å². The lowest BCUT2D eigenvalue weighted by atomic mass is 9.62. The summed E-state index contributed by atoms with van der Waals surface area (Å²) in [5.41, 5.74) is 5.64. The predicted octanol–water partition coefficient (Wildman–Crippen LogP) is 5.34. The van der Waals surface area contributed by atoms with E-state index in [0.717, 1.165) is 12.8 Å². The number of hydrogen-bond acceptors (Lipinski definition) is 0. The topological polar surface area (TPSA) is 8.29 Å². The first-order valence-electron chi connectivity index (χ1n) is 9.44. The zero-order valence-corrected chi connectivity index (χ0v) is 15.5. The van der Waals surface area contributed by atoms with Gasteiger partial charge in [-0.2, -0.15) is 4.40 Å². The van der Waals surface area contributed by atoms with Crippen LogP contribution in [-0.4, -0.2) is 4.40 Å². The first-order valence-corrected chi connectivity index (χ1v) is 9.44. The van der Waals surface area contributed by atoms with Crippen LogP contribution in [-0.2, 0) is 11.0 Å². The van der Waals surface area contributed by atoms with E-state index < -0.39 is 0 Å². The molecule has 2 unspecified atom stereocenters. The number of pyridine rings is 1. The third kappa shape index (κ3) is 1.50. The molecule has 0 N–H and O–H groups in total. The minimum absolute atomic E-state index is 0.0404. The maximum absolute atomic E-state index is 2.64. The van der Waals surface area contributed by atoms with Gasteiger partial charge in [-0.25, -0.2) is 4.57 Å². The predicted molar refractivity (Wildman–Crippen MR) is 104 cm³/mol. The zero-order valence-electron chi connectivity index (χ0n) is 15.5. The van der Waals surface area contributed by atoms with Crippen LogP contribution in [0.5, 0.6) is 0 Å². The number of benzene rings is 2. The van der Waals surface area contributed by atoms with Gasteiger partial charge in [0, 0.05) is 5.41 Å². The Balaban J connectivity index is 2.18. The highest BCUT2D eigenvalue weighted by Gasteiger charge is 2.54. The van der Waals surface area contributed by atoms with Gasteiger partial charge in [-0.15, -0.1) is 0 Å². The molecule has 126 valence electrons. The molecule has 25 heavy (non-hydrogen) atoms. The second-order valence-electron chi connectivity index (χ2n) is 7.92. The molecule has 0 saturated carbocycles. The van der Waals surface area contributed by atoms with Gasteiger partial charge in [0.1, 0.15) is 5.54 Å². The Morgan fingerprint density at radius 3 is 2.48 bits per heavy atom. The van der Waals surface area contributed by atoms with Crippen LogP contribution < -0.4 is 4.57 Å². The molecule has 3 heterocycles. The Hall–Kier alpha value is -2.35. The highest BCUT2D eigenvalue weighted by molar-refractivity contribution is 5.99. The molecule has 0 bridgehead atoms. The van der Waals surface area contributed by atoms with E-state index in [-0.39, 0.29) is 11.0 Å². The first-order chi connectivity index (χ1) is 12.1. The van der Waals surface area contributed by atoms with Crippen LogP contribution >= 0.6 is 0 Å². The standard InChI is InChI=1S/C23H25N2/c1-5-22(3)17-11-9-10-16-14-15-24-18-12-7-8-13-19(18)25(21(24)20(16)17)23(22,4)6-2/h7-15H,5-6H2,1-4H3/q+1. The van der Waals surface area contributed by atoms with Crippen molar-refractivity contribution < 1.29 is 4.57 Å². The average molecular weight is 329 g/mol. The minimum atomic E-state index is 0.0404. The molecule has 2 nitrogen and oxygen atoms in total. The van der Waals surface area contributed by atoms with Gasteiger partial charge in [0.15, 0.2) is 11.0 Å². The number of nitrogens with zero attached hydrogens (tertiary/aromatic N) is 2. The van der Waals surface area contributed by atoms with Gasteiger partial charge < -0.3 is 0 Å². The molecule has 2 heteroatoms. The van der Waals surface area contributed by atoms with Crippen LogP contribution in [0.2, 0.25) is 0 Å². The van der Waals surface area contributed by atoms with Crippen LogP contribution in [0.25, 0.3) is 27.5 Å². The highest BCUT2D eigenvalue weighted by atomic mass is 15.2. The van der Waals surface area contributed by atoms with E-state index in [4.69, 9.17) is 0 Å². The molecular formula is C23H25N2+. The van der Waals surface area contributed by atoms with Gasteiger partial charge >= 0.3 is 0 Å². The smallest absolute Gasteiger partial charge is 0.216 e. The van der Waals surface area contributed by atoms with Crippen molar-refractivity contribution in [1.29, 1.82) is 0 Å². The third-order valence-electron chi connectivity index (χ3n) is 7.22. The van der Waals surface area contributed by atoms with Crippen molar-refractivity contribution in [3.63, 3.8) is 0 Å². The summed E-state index contributed by atoms with van der Waals surface area (Å²) in [5, 5.41) is 2.77. The monoisotopic (exact) mass is 329 g/mol. The molecule has 1 aliphatic rings. The van der Waals surface area contributed by atoms with E-state index in [1.165, 1.54) is 33.0 Å². The summed E-state index contributed by atoms with van der Waals surface area (Å²) in [5.74, 6) is 0. The van der Waals surface area contributed by atoms with Crippen molar-refractivity contribution in [2.75, 3.05) is 0 Å². The quantitative estimate of drug-likeness (QED) is 0.439. The van der Waals surface area contributed by atoms with Gasteiger partial charge in [0.2, 0.25) is 0 Å². The third-order valence-corrected chi connectivity index (χ3v) is 7.22. The number of aromatic nitrogens is 2. The Labute approximate surface area is 148 Å². The molecule has 2 atom stereocenters. The summed E-state index contributed by atoms with van der Waals surface area (Å²) >= 11 is 0. The van der Waals surface area contributed by atoms with Crippen molar-refractivity contribution in [1.82, 2.24) is 4.40 Å². The fourth-order valence-electron chi connectivity index (χ4n) is 5.31. The molecule has 2 aromatic heterocycles. The molecule has 0 aliphatic carbocycles. The normalized spacial score (nSPS) is 25.4. The van der Waals surface area contributed by atoms with E-state index in [0.29, 0.717) is 0 Å². The molecule has 0 fully saturated rings. The second-order valence-corrected chi connectivity index (χ2v) is 7.92. The summed E-state index contributed by atoms with van der Waals surface area (Å²) in [6.07, 6.45) is 4.48. The lowest BCUT2D eigenvalue weighted by Gasteiger charge is -2.46. The summed E-state index contributed by atoms with van der Waals surface area (Å²) in [6.45, 7) is 9.61. The molecule has 4 aromatic rings. The lowest BCUT2D eigenvalue weighted by Crippen LogP contribution is -2.66. The van der Waals surface area contributed by atoms with Gasteiger partial charge in [-0.3, -0.25) is 0 Å². The zero-order chi connectivity index (χ0) is 17.4. The van der Waals surface area contributed by atoms with Crippen molar-refractivity contribution >= 4 is 27.5 Å². The summed E-state index contributed by atoms with van der Waals surface area (Å²) in [4.78, 5) is 0. The van der Waals surface area contributed by atoms with Crippen LogP contribution in [0.15, 0.2) is 54.7 Å². The minimum Gasteiger partial charge on any atom is -0.216 e. The molecule has 0 radical (unpaired) electrons. The summed E-state index contributed by atoms with van der Waals surface area (Å²) < 4.78 is 5.03. The van der Waals surface area contributed by atoms with Crippen LogP contribution in [0, 0.1) is 0 Å². The Morgan fingerprint density at radius 2 is 1.72 bits per heavy atom. The van der Waals surface area contributed by atoms with Crippen molar-refractivity contribution in [2.45, 2.75) is 51.5 Å². The maximum atomic E-state index is 2.64. The van der Waals surface area contributed by atoms with E-state index in [1.54, 1.807) is 0 Å². The number of fused-ring (bicyclic) bond motifs is 3. The Bertz CT molecular complexity index is 1150. The van der Waals surface area contributed by atoms with Crippen molar-refractivity contribution in [3.05, 3.63) is 60.3 Å². The van der Waals surface area contributed by atoms with Crippen LogP contribution in [0.3, 0.4) is 0 Å². The SMILES string of the molecule is CCC1(C)c2cccc3ccn4c5ccccc5[n+](c4c23)C1(C)CC. The molecule has 0 amide bonds. The summed E-state index contributed by atoms with van der Waals surface area (Å²) in [6, 6.07) is 18.0. The van der Waals surface area contributed by atoms with Gasteiger partial charge in [-0.1, -0.05) is 51.1 Å². The van der Waals surface area contributed by atoms with E-state index in [9.17, 15) is 0 Å². The van der Waals surface area contributed by atoms with Crippen molar-refractivity contribution in [2.24, 2.45) is 0 Å². The lowest BCUT2D eigenvalue weighted by molar-refractivity contribution is -0.728. The van der Waals surface area contributed by atoms with Gasteiger partial charge in [-0.05, 0) is 48.9 Å². The maximum Gasteiger partial charge on any atom is 0.295 e. The fraction of sp³-hybridized carbons (Fsp3) is 0.348. The number of imidazole rings is 1. The van der Waals surface area contributed by atoms with Gasteiger partial charge in [0.25, 0.3) is 5.65 Å². The van der Waals surface area contributed by atoms with E-state index in [2.05, 4.69) is 91.4 Å². The highest BCUT2D eigenvalue weighted by Crippen LogP contribution is 2.49.